The number of ether oxygens (including phenoxy) is 1. The number of methoxy groups -OCH3 is 1. The molecule has 0 bridgehead atoms. The Kier molecular flexibility index (Phi) is 6.17. The molecule has 0 aliphatic rings. The smallest absolute Gasteiger partial charge is 0.311 e. The zero-order chi connectivity index (χ0) is 8.53. The third-order valence-electron chi connectivity index (χ3n) is 0.868. The Labute approximate surface area is 66.0 Å². The summed E-state index contributed by atoms with van der Waals surface area (Å²) in [5.41, 5.74) is 0. The SMILES string of the molecule is CC/C=N\C(=N/CC=O)OC. The standard InChI is InChI=1S/C7H12N2O2/c1-3-4-8-7(11-2)9-5-6-10/h4,6H,3,5H2,1-2H3/b8-4-,9-7+. The number of hydrogen-bond donors (Lipinski definition) is 0. The normalized spacial score (nSPS) is 12.0. The summed E-state index contributed by atoms with van der Waals surface area (Å²) in [5, 5.41) is 0. The van der Waals surface area contributed by atoms with Crippen LogP contribution in [0, 0.1) is 0 Å². The number of nitrogens with zero attached hydrogens (tertiary/aromatic N) is 2. The van der Waals surface area contributed by atoms with Crippen molar-refractivity contribution in [2.24, 2.45) is 9.98 Å². The Bertz CT molecular complexity index is 164. The molecule has 0 saturated heterocycles. The van der Waals surface area contributed by atoms with E-state index in [1.807, 2.05) is 6.92 Å². The van der Waals surface area contributed by atoms with Crippen LogP contribution in [-0.4, -0.2) is 32.2 Å². The summed E-state index contributed by atoms with van der Waals surface area (Å²) in [6, 6.07) is 0.249. The lowest BCUT2D eigenvalue weighted by Crippen LogP contribution is -1.99. The molecule has 0 radical (unpaired) electrons. The van der Waals surface area contributed by atoms with Gasteiger partial charge in [0.25, 0.3) is 0 Å². The highest BCUT2D eigenvalue weighted by Gasteiger charge is 1.89. The van der Waals surface area contributed by atoms with Crippen molar-refractivity contribution in [3.05, 3.63) is 0 Å². The fraction of sp³-hybridized carbons (Fsp3) is 0.571. The van der Waals surface area contributed by atoms with Gasteiger partial charge in [-0.05, 0) is 6.42 Å². The van der Waals surface area contributed by atoms with E-state index in [0.717, 1.165) is 6.42 Å². The molecule has 0 amide bonds. The van der Waals surface area contributed by atoms with Gasteiger partial charge in [-0.1, -0.05) is 6.92 Å². The maximum absolute atomic E-state index is 9.88. The van der Waals surface area contributed by atoms with Gasteiger partial charge in [0.05, 0.1) is 7.11 Å². The van der Waals surface area contributed by atoms with E-state index in [1.165, 1.54) is 7.11 Å². The molecule has 0 unspecified atom stereocenters. The van der Waals surface area contributed by atoms with Crippen LogP contribution >= 0.6 is 0 Å². The molecule has 0 fully saturated rings. The van der Waals surface area contributed by atoms with E-state index in [4.69, 9.17) is 4.74 Å². The second-order valence-corrected chi connectivity index (χ2v) is 1.71. The van der Waals surface area contributed by atoms with Crippen LogP contribution in [0.1, 0.15) is 13.3 Å². The second kappa shape index (κ2) is 6.92. The Morgan fingerprint density at radius 3 is 2.82 bits per heavy atom. The van der Waals surface area contributed by atoms with Crippen molar-refractivity contribution >= 4 is 18.5 Å². The summed E-state index contributed by atoms with van der Waals surface area (Å²) in [7, 11) is 1.47. The van der Waals surface area contributed by atoms with Crippen molar-refractivity contribution in [3.63, 3.8) is 0 Å². The van der Waals surface area contributed by atoms with Crippen LogP contribution in [0.15, 0.2) is 9.98 Å². The van der Waals surface area contributed by atoms with Gasteiger partial charge in [0, 0.05) is 6.21 Å². The van der Waals surface area contributed by atoms with E-state index in [0.29, 0.717) is 6.29 Å². The van der Waals surface area contributed by atoms with Crippen LogP contribution in [0.3, 0.4) is 0 Å². The van der Waals surface area contributed by atoms with Crippen LogP contribution in [0.2, 0.25) is 0 Å². The highest BCUT2D eigenvalue weighted by Crippen LogP contribution is 1.82. The summed E-state index contributed by atoms with van der Waals surface area (Å²) in [6.07, 6.45) is 3.19. The van der Waals surface area contributed by atoms with Gasteiger partial charge in [0.1, 0.15) is 12.8 Å². The van der Waals surface area contributed by atoms with Crippen molar-refractivity contribution < 1.29 is 9.53 Å². The fourth-order valence-corrected chi connectivity index (χ4v) is 0.443. The predicted octanol–water partition coefficient (Wildman–Crippen LogP) is 0.669. The molecule has 11 heavy (non-hydrogen) atoms. The number of amidine groups is 1. The predicted molar refractivity (Wildman–Crippen MR) is 44.2 cm³/mol. The zero-order valence-electron chi connectivity index (χ0n) is 6.78. The van der Waals surface area contributed by atoms with E-state index >= 15 is 0 Å². The van der Waals surface area contributed by atoms with E-state index in [9.17, 15) is 4.79 Å². The molecule has 0 heterocycles. The van der Waals surface area contributed by atoms with E-state index in [1.54, 1.807) is 6.21 Å². The maximum Gasteiger partial charge on any atom is 0.311 e. The Morgan fingerprint density at radius 1 is 1.64 bits per heavy atom. The van der Waals surface area contributed by atoms with Gasteiger partial charge in [-0.3, -0.25) is 0 Å². The van der Waals surface area contributed by atoms with E-state index in [-0.39, 0.29) is 12.6 Å². The zero-order valence-corrected chi connectivity index (χ0v) is 6.78. The average Bonchev–Trinajstić information content (AvgIpc) is 2.05. The van der Waals surface area contributed by atoms with Gasteiger partial charge in [-0.25, -0.2) is 9.98 Å². The Balaban J connectivity index is 3.92. The van der Waals surface area contributed by atoms with Crippen molar-refractivity contribution in [1.29, 1.82) is 0 Å². The number of hydrogen-bond acceptors (Lipinski definition) is 3. The minimum atomic E-state index is 0.101. The first kappa shape index (κ1) is 9.81. The van der Waals surface area contributed by atoms with Crippen LogP contribution in [-0.2, 0) is 9.53 Å². The summed E-state index contributed by atoms with van der Waals surface area (Å²) in [6.45, 7) is 2.06. The molecule has 62 valence electrons. The largest absolute Gasteiger partial charge is 0.467 e. The molecule has 0 spiro atoms. The highest BCUT2D eigenvalue weighted by molar-refractivity contribution is 5.83. The molecule has 0 saturated carbocycles. The van der Waals surface area contributed by atoms with E-state index < -0.39 is 0 Å². The van der Waals surface area contributed by atoms with Crippen LogP contribution < -0.4 is 0 Å². The molecule has 4 heteroatoms. The van der Waals surface area contributed by atoms with Crippen LogP contribution in [0.25, 0.3) is 0 Å². The molecule has 0 N–H and O–H groups in total. The Morgan fingerprint density at radius 2 is 2.36 bits per heavy atom. The minimum Gasteiger partial charge on any atom is -0.467 e. The summed E-state index contributed by atoms with van der Waals surface area (Å²) in [5.74, 6) is 0. The minimum absolute atomic E-state index is 0.101. The summed E-state index contributed by atoms with van der Waals surface area (Å²) < 4.78 is 4.75. The monoisotopic (exact) mass is 156 g/mol. The first-order chi connectivity index (χ1) is 5.35. The molecule has 0 aliphatic carbocycles. The lowest BCUT2D eigenvalue weighted by Gasteiger charge is -1.94. The van der Waals surface area contributed by atoms with Crippen molar-refractivity contribution in [3.8, 4) is 0 Å². The van der Waals surface area contributed by atoms with Crippen molar-refractivity contribution in [1.82, 2.24) is 0 Å². The topological polar surface area (TPSA) is 51.0 Å². The number of aliphatic imine (C=N–C) groups is 2. The molecule has 0 aromatic rings. The number of rotatable bonds is 3. The maximum atomic E-state index is 9.88. The van der Waals surface area contributed by atoms with Gasteiger partial charge in [-0.2, -0.15) is 0 Å². The van der Waals surface area contributed by atoms with Gasteiger partial charge in [-0.15, -0.1) is 0 Å². The third kappa shape index (κ3) is 5.26. The van der Waals surface area contributed by atoms with Gasteiger partial charge in [0.2, 0.25) is 0 Å². The van der Waals surface area contributed by atoms with E-state index in [2.05, 4.69) is 9.98 Å². The van der Waals surface area contributed by atoms with Crippen molar-refractivity contribution in [2.45, 2.75) is 13.3 Å². The molecule has 0 aromatic carbocycles. The highest BCUT2D eigenvalue weighted by atomic mass is 16.5. The first-order valence-corrected chi connectivity index (χ1v) is 3.39. The van der Waals surface area contributed by atoms with Gasteiger partial charge in [0.15, 0.2) is 0 Å². The third-order valence-corrected chi connectivity index (χ3v) is 0.868. The lowest BCUT2D eigenvalue weighted by molar-refractivity contribution is -0.106. The number of carbonyl (C=O) groups excluding carboxylic acids is 1. The first-order valence-electron chi connectivity index (χ1n) is 3.39. The molecule has 0 rings (SSSR count). The fourth-order valence-electron chi connectivity index (χ4n) is 0.443. The molecule has 0 aliphatic heterocycles. The van der Waals surface area contributed by atoms with Crippen LogP contribution in [0.5, 0.6) is 0 Å². The second-order valence-electron chi connectivity index (χ2n) is 1.71. The average molecular weight is 156 g/mol. The number of aldehydes is 1. The summed E-state index contributed by atoms with van der Waals surface area (Å²) in [4.78, 5) is 17.5. The molecular formula is C7H12N2O2. The van der Waals surface area contributed by atoms with Crippen molar-refractivity contribution in [2.75, 3.05) is 13.7 Å². The Hall–Kier alpha value is -1.19. The summed E-state index contributed by atoms with van der Waals surface area (Å²) >= 11 is 0. The van der Waals surface area contributed by atoms with Gasteiger partial charge < -0.3 is 9.53 Å². The molecular weight excluding hydrogens is 144 g/mol. The molecule has 4 nitrogen and oxygen atoms in total. The quantitative estimate of drug-likeness (QED) is 0.342. The van der Waals surface area contributed by atoms with Gasteiger partial charge >= 0.3 is 6.02 Å². The van der Waals surface area contributed by atoms with Crippen LogP contribution in [0.4, 0.5) is 0 Å². The number of carbonyl (C=O) groups is 1. The molecule has 0 atom stereocenters. The lowest BCUT2D eigenvalue weighted by atomic mass is 10.5. The molecule has 0 aromatic heterocycles.